The van der Waals surface area contributed by atoms with Gasteiger partial charge in [0.2, 0.25) is 0 Å². The van der Waals surface area contributed by atoms with Crippen molar-refractivity contribution in [1.82, 2.24) is 24.1 Å². The van der Waals surface area contributed by atoms with Crippen LogP contribution in [0.3, 0.4) is 0 Å². The molecule has 7 heteroatoms. The molecule has 0 atom stereocenters. The number of nitrogens with zero attached hydrogens (tertiary/aromatic N) is 5. The highest BCUT2D eigenvalue weighted by molar-refractivity contribution is 5.96. The Labute approximate surface area is 133 Å². The molecule has 23 heavy (non-hydrogen) atoms. The molecule has 3 aromatic heterocycles. The van der Waals surface area contributed by atoms with Crippen molar-refractivity contribution in [2.45, 2.75) is 12.8 Å². The van der Waals surface area contributed by atoms with Gasteiger partial charge in [0, 0.05) is 31.9 Å². The summed E-state index contributed by atoms with van der Waals surface area (Å²) in [6, 6.07) is 7.32. The average molecular weight is 310 g/mol. The molecular formula is C16H18N6O. The van der Waals surface area contributed by atoms with Crippen LogP contribution in [0.1, 0.15) is 23.2 Å². The quantitative estimate of drug-likeness (QED) is 0.778. The number of rotatable bonds is 2. The first-order valence-electron chi connectivity index (χ1n) is 7.71. The van der Waals surface area contributed by atoms with Crippen LogP contribution in [0.5, 0.6) is 0 Å². The van der Waals surface area contributed by atoms with Gasteiger partial charge < -0.3 is 15.2 Å². The molecule has 1 fully saturated rings. The molecule has 1 aliphatic rings. The van der Waals surface area contributed by atoms with E-state index in [0.717, 1.165) is 31.6 Å². The van der Waals surface area contributed by atoms with E-state index in [-0.39, 0.29) is 5.91 Å². The molecule has 7 nitrogen and oxygen atoms in total. The van der Waals surface area contributed by atoms with Crippen LogP contribution in [-0.4, -0.2) is 43.1 Å². The number of hydrogen-bond acceptors (Lipinski definition) is 4. The Balaban J connectivity index is 1.78. The van der Waals surface area contributed by atoms with Crippen molar-refractivity contribution in [3.05, 3.63) is 36.0 Å². The van der Waals surface area contributed by atoms with Gasteiger partial charge in [0.05, 0.1) is 5.69 Å². The first-order chi connectivity index (χ1) is 11.1. The van der Waals surface area contributed by atoms with Crippen molar-refractivity contribution in [2.24, 2.45) is 7.05 Å². The number of hydrogen-bond donors (Lipinski definition) is 1. The highest BCUT2D eigenvalue weighted by atomic mass is 16.2. The molecule has 4 heterocycles. The van der Waals surface area contributed by atoms with E-state index in [4.69, 9.17) is 5.73 Å². The van der Waals surface area contributed by atoms with E-state index in [0.29, 0.717) is 22.9 Å². The maximum absolute atomic E-state index is 12.5. The second-order valence-electron chi connectivity index (χ2n) is 5.88. The molecule has 118 valence electrons. The van der Waals surface area contributed by atoms with E-state index in [1.54, 1.807) is 16.6 Å². The molecule has 0 spiro atoms. The average Bonchev–Trinajstić information content (AvgIpc) is 3.25. The minimum absolute atomic E-state index is 0.0140. The Morgan fingerprint density at radius 3 is 2.74 bits per heavy atom. The molecule has 2 N–H and O–H groups in total. The van der Waals surface area contributed by atoms with E-state index in [9.17, 15) is 4.79 Å². The van der Waals surface area contributed by atoms with Gasteiger partial charge >= 0.3 is 0 Å². The van der Waals surface area contributed by atoms with Crippen LogP contribution in [0.4, 0.5) is 5.82 Å². The van der Waals surface area contributed by atoms with Crippen LogP contribution in [0.2, 0.25) is 0 Å². The highest BCUT2D eigenvalue weighted by Crippen LogP contribution is 2.21. The maximum atomic E-state index is 12.5. The molecule has 1 saturated heterocycles. The van der Waals surface area contributed by atoms with Crippen molar-refractivity contribution in [2.75, 3.05) is 18.8 Å². The first-order valence-corrected chi connectivity index (χ1v) is 7.71. The third-order valence-corrected chi connectivity index (χ3v) is 4.28. The standard InChI is InChI=1S/C16H18N6O/c1-20-6-4-5-12(20)15-18-14-10-11(9-13(17)22(14)19-15)16(23)21-7-2-3-8-21/h4-6,9-10H,2-3,7-8,17H2,1H3. The minimum Gasteiger partial charge on any atom is -0.384 e. The highest BCUT2D eigenvalue weighted by Gasteiger charge is 2.21. The predicted molar refractivity (Wildman–Crippen MR) is 86.9 cm³/mol. The molecule has 0 aliphatic carbocycles. The summed E-state index contributed by atoms with van der Waals surface area (Å²) in [5, 5.41) is 4.45. The second-order valence-corrected chi connectivity index (χ2v) is 5.88. The number of aromatic nitrogens is 4. The van der Waals surface area contributed by atoms with Crippen LogP contribution in [0.25, 0.3) is 17.2 Å². The van der Waals surface area contributed by atoms with Gasteiger partial charge in [-0.05, 0) is 37.1 Å². The molecule has 0 unspecified atom stereocenters. The lowest BCUT2D eigenvalue weighted by Gasteiger charge is -2.15. The fraction of sp³-hybridized carbons (Fsp3) is 0.312. The lowest BCUT2D eigenvalue weighted by Crippen LogP contribution is -2.27. The number of aryl methyl sites for hydroxylation is 1. The number of fused-ring (bicyclic) bond motifs is 1. The topological polar surface area (TPSA) is 81.5 Å². The van der Waals surface area contributed by atoms with Crippen LogP contribution >= 0.6 is 0 Å². The smallest absolute Gasteiger partial charge is 0.254 e. The number of nitrogen functional groups attached to an aromatic ring is 1. The lowest BCUT2D eigenvalue weighted by atomic mass is 10.2. The van der Waals surface area contributed by atoms with Gasteiger partial charge in [-0.3, -0.25) is 4.79 Å². The number of amides is 1. The maximum Gasteiger partial charge on any atom is 0.254 e. The van der Waals surface area contributed by atoms with Gasteiger partial charge in [0.1, 0.15) is 5.82 Å². The van der Waals surface area contributed by atoms with Crippen molar-refractivity contribution in [3.63, 3.8) is 0 Å². The van der Waals surface area contributed by atoms with E-state index < -0.39 is 0 Å². The Morgan fingerprint density at radius 2 is 2.04 bits per heavy atom. The molecule has 0 bridgehead atoms. The van der Waals surface area contributed by atoms with Crippen LogP contribution in [0.15, 0.2) is 30.5 Å². The summed E-state index contributed by atoms with van der Waals surface area (Å²) in [5.41, 5.74) is 8.14. The largest absolute Gasteiger partial charge is 0.384 e. The third kappa shape index (κ3) is 2.25. The first kappa shape index (κ1) is 13.8. The fourth-order valence-electron chi connectivity index (χ4n) is 3.04. The Morgan fingerprint density at radius 1 is 1.26 bits per heavy atom. The third-order valence-electron chi connectivity index (χ3n) is 4.28. The predicted octanol–water partition coefficient (Wildman–Crippen LogP) is 1.55. The lowest BCUT2D eigenvalue weighted by molar-refractivity contribution is 0.0793. The Bertz CT molecular complexity index is 887. The number of nitrogens with two attached hydrogens (primary N) is 1. The molecule has 0 saturated carbocycles. The summed E-state index contributed by atoms with van der Waals surface area (Å²) < 4.78 is 3.52. The molecule has 0 aromatic carbocycles. The van der Waals surface area contributed by atoms with Crippen LogP contribution < -0.4 is 5.73 Å². The van der Waals surface area contributed by atoms with Crippen LogP contribution in [0, 0.1) is 0 Å². The molecule has 1 aliphatic heterocycles. The summed E-state index contributed by atoms with van der Waals surface area (Å²) >= 11 is 0. The van der Waals surface area contributed by atoms with Gasteiger partial charge in [-0.25, -0.2) is 4.98 Å². The summed E-state index contributed by atoms with van der Waals surface area (Å²) in [7, 11) is 1.94. The number of pyridine rings is 1. The van der Waals surface area contributed by atoms with Gasteiger partial charge in [0.15, 0.2) is 11.5 Å². The SMILES string of the molecule is Cn1cccc1-c1nc2cc(C(=O)N3CCCC3)cc(N)n2n1. The number of likely N-dealkylation sites (tertiary alicyclic amines) is 1. The van der Waals surface area contributed by atoms with E-state index >= 15 is 0 Å². The van der Waals surface area contributed by atoms with Crippen LogP contribution in [-0.2, 0) is 7.05 Å². The van der Waals surface area contributed by atoms with E-state index in [1.165, 1.54) is 0 Å². The monoisotopic (exact) mass is 310 g/mol. The molecule has 0 radical (unpaired) electrons. The molecule has 3 aromatic rings. The zero-order valence-corrected chi connectivity index (χ0v) is 12.9. The van der Waals surface area contributed by atoms with E-state index in [1.807, 2.05) is 34.8 Å². The van der Waals surface area contributed by atoms with E-state index in [2.05, 4.69) is 10.1 Å². The zero-order chi connectivity index (χ0) is 16.0. The molecule has 4 rings (SSSR count). The molecular weight excluding hydrogens is 292 g/mol. The summed E-state index contributed by atoms with van der Waals surface area (Å²) in [4.78, 5) is 18.9. The van der Waals surface area contributed by atoms with Crippen molar-refractivity contribution in [3.8, 4) is 11.5 Å². The fourth-order valence-corrected chi connectivity index (χ4v) is 3.04. The summed E-state index contributed by atoms with van der Waals surface area (Å²) in [6.07, 6.45) is 4.06. The zero-order valence-electron chi connectivity index (χ0n) is 12.9. The van der Waals surface area contributed by atoms with Crippen molar-refractivity contribution < 1.29 is 4.79 Å². The Hall–Kier alpha value is -2.83. The number of carbonyl (C=O) groups excluding carboxylic acids is 1. The number of carbonyl (C=O) groups is 1. The Kier molecular flexibility index (Phi) is 3.07. The second kappa shape index (κ2) is 5.12. The van der Waals surface area contributed by atoms with Gasteiger partial charge in [-0.2, -0.15) is 4.52 Å². The van der Waals surface area contributed by atoms with Gasteiger partial charge in [0.25, 0.3) is 5.91 Å². The normalized spacial score (nSPS) is 14.7. The van der Waals surface area contributed by atoms with Crippen molar-refractivity contribution in [1.29, 1.82) is 0 Å². The summed E-state index contributed by atoms with van der Waals surface area (Å²) in [5.74, 6) is 1.02. The van der Waals surface area contributed by atoms with Gasteiger partial charge in [-0.1, -0.05) is 0 Å². The number of anilines is 1. The summed E-state index contributed by atoms with van der Waals surface area (Å²) in [6.45, 7) is 1.62. The van der Waals surface area contributed by atoms with Gasteiger partial charge in [-0.15, -0.1) is 5.10 Å². The minimum atomic E-state index is 0.0140. The molecule has 1 amide bonds. The van der Waals surface area contributed by atoms with Crippen molar-refractivity contribution >= 4 is 17.4 Å².